The molecule has 0 aliphatic carbocycles. The Labute approximate surface area is 80.4 Å². The Kier molecular flexibility index (Phi) is 3.78. The van der Waals surface area contributed by atoms with E-state index < -0.39 is 6.04 Å². The number of amides is 1. The molecule has 1 amide bonds. The molecule has 0 radical (unpaired) electrons. The molecule has 0 aliphatic heterocycles. The van der Waals surface area contributed by atoms with Gasteiger partial charge in [0.15, 0.2) is 0 Å². The monoisotopic (exact) mass is 200 g/mol. The van der Waals surface area contributed by atoms with E-state index in [1.165, 1.54) is 11.3 Å². The van der Waals surface area contributed by atoms with Gasteiger partial charge in [0.2, 0.25) is 11.0 Å². The SMILES string of the molecule is CCCC(N)C(=O)Nc1nncs1. The molecular formula is C7H12N4OS. The minimum atomic E-state index is -0.450. The number of rotatable bonds is 4. The molecular weight excluding hydrogens is 188 g/mol. The maximum Gasteiger partial charge on any atom is 0.243 e. The zero-order valence-corrected chi connectivity index (χ0v) is 8.17. The molecule has 13 heavy (non-hydrogen) atoms. The molecule has 0 saturated carbocycles. The minimum Gasteiger partial charge on any atom is -0.320 e. The summed E-state index contributed by atoms with van der Waals surface area (Å²) in [6.07, 6.45) is 1.58. The lowest BCUT2D eigenvalue weighted by Crippen LogP contribution is -2.35. The molecule has 1 aromatic rings. The van der Waals surface area contributed by atoms with Crippen molar-refractivity contribution in [3.05, 3.63) is 5.51 Å². The molecule has 0 aromatic carbocycles. The molecule has 1 heterocycles. The fraction of sp³-hybridized carbons (Fsp3) is 0.571. The lowest BCUT2D eigenvalue weighted by atomic mass is 10.2. The van der Waals surface area contributed by atoms with Crippen LogP contribution in [0.2, 0.25) is 0 Å². The molecule has 0 aliphatic rings. The second kappa shape index (κ2) is 4.88. The number of nitrogens with zero attached hydrogens (tertiary/aromatic N) is 2. The number of nitrogens with two attached hydrogens (primary N) is 1. The molecule has 0 bridgehead atoms. The molecule has 3 N–H and O–H groups in total. The highest BCUT2D eigenvalue weighted by Gasteiger charge is 2.13. The maximum atomic E-state index is 11.3. The number of carbonyl (C=O) groups excluding carboxylic acids is 1. The number of nitrogens with one attached hydrogen (secondary N) is 1. The third kappa shape index (κ3) is 3.08. The van der Waals surface area contributed by atoms with Gasteiger partial charge in [-0.05, 0) is 6.42 Å². The van der Waals surface area contributed by atoms with E-state index in [1.807, 2.05) is 6.92 Å². The summed E-state index contributed by atoms with van der Waals surface area (Å²) in [5, 5.41) is 10.4. The second-order valence-corrected chi connectivity index (χ2v) is 3.46. The molecule has 1 unspecified atom stereocenters. The van der Waals surface area contributed by atoms with Crippen LogP contribution in [0.25, 0.3) is 0 Å². The van der Waals surface area contributed by atoms with Crippen LogP contribution >= 0.6 is 11.3 Å². The summed E-state index contributed by atoms with van der Waals surface area (Å²) >= 11 is 1.28. The highest BCUT2D eigenvalue weighted by atomic mass is 32.1. The predicted octanol–water partition coefficient (Wildman–Crippen LogP) is 0.604. The van der Waals surface area contributed by atoms with E-state index in [2.05, 4.69) is 15.5 Å². The first-order chi connectivity index (χ1) is 6.24. The van der Waals surface area contributed by atoms with Crippen LogP contribution in [-0.2, 0) is 4.79 Å². The quantitative estimate of drug-likeness (QED) is 0.746. The summed E-state index contributed by atoms with van der Waals surface area (Å²) in [5.41, 5.74) is 7.15. The van der Waals surface area contributed by atoms with Crippen LogP contribution in [0.5, 0.6) is 0 Å². The molecule has 1 rings (SSSR count). The maximum absolute atomic E-state index is 11.3. The third-order valence-electron chi connectivity index (χ3n) is 1.53. The van der Waals surface area contributed by atoms with Crippen molar-refractivity contribution in [3.63, 3.8) is 0 Å². The molecule has 0 spiro atoms. The number of carbonyl (C=O) groups is 1. The summed E-state index contributed by atoms with van der Waals surface area (Å²) < 4.78 is 0. The van der Waals surface area contributed by atoms with Gasteiger partial charge in [-0.3, -0.25) is 10.1 Å². The fourth-order valence-corrected chi connectivity index (χ4v) is 1.32. The van der Waals surface area contributed by atoms with Crippen LogP contribution in [0.3, 0.4) is 0 Å². The van der Waals surface area contributed by atoms with Crippen LogP contribution in [0.4, 0.5) is 5.13 Å². The van der Waals surface area contributed by atoms with Gasteiger partial charge < -0.3 is 5.73 Å². The van der Waals surface area contributed by atoms with Crippen molar-refractivity contribution in [2.24, 2.45) is 5.73 Å². The molecule has 0 fully saturated rings. The van der Waals surface area contributed by atoms with E-state index in [4.69, 9.17) is 5.73 Å². The van der Waals surface area contributed by atoms with E-state index in [9.17, 15) is 4.79 Å². The highest BCUT2D eigenvalue weighted by molar-refractivity contribution is 7.13. The molecule has 0 saturated heterocycles. The van der Waals surface area contributed by atoms with Gasteiger partial charge >= 0.3 is 0 Å². The second-order valence-electron chi connectivity index (χ2n) is 2.63. The Hall–Kier alpha value is -1.01. The minimum absolute atomic E-state index is 0.196. The van der Waals surface area contributed by atoms with E-state index in [-0.39, 0.29) is 5.91 Å². The van der Waals surface area contributed by atoms with Crippen molar-refractivity contribution < 1.29 is 4.79 Å². The average Bonchev–Trinajstić information content (AvgIpc) is 2.57. The highest BCUT2D eigenvalue weighted by Crippen LogP contribution is 2.08. The molecule has 1 atom stereocenters. The van der Waals surface area contributed by atoms with Gasteiger partial charge in [-0.25, -0.2) is 0 Å². The van der Waals surface area contributed by atoms with Crippen molar-refractivity contribution in [3.8, 4) is 0 Å². The number of hydrogen-bond donors (Lipinski definition) is 2. The van der Waals surface area contributed by atoms with Crippen molar-refractivity contribution >= 4 is 22.4 Å². The zero-order valence-electron chi connectivity index (χ0n) is 7.36. The van der Waals surface area contributed by atoms with Crippen molar-refractivity contribution in [1.82, 2.24) is 10.2 Å². The first-order valence-electron chi connectivity index (χ1n) is 4.06. The first-order valence-corrected chi connectivity index (χ1v) is 4.94. The summed E-state index contributed by atoms with van der Waals surface area (Å²) in [5.74, 6) is -0.196. The number of aromatic nitrogens is 2. The lowest BCUT2D eigenvalue weighted by molar-refractivity contribution is -0.117. The van der Waals surface area contributed by atoms with Crippen LogP contribution < -0.4 is 11.1 Å². The van der Waals surface area contributed by atoms with E-state index in [0.29, 0.717) is 11.6 Å². The Morgan fingerprint density at radius 1 is 1.85 bits per heavy atom. The van der Waals surface area contributed by atoms with Crippen molar-refractivity contribution in [2.45, 2.75) is 25.8 Å². The summed E-state index contributed by atoms with van der Waals surface area (Å²) in [6.45, 7) is 1.98. The van der Waals surface area contributed by atoms with Gasteiger partial charge in [0.25, 0.3) is 0 Å². The van der Waals surface area contributed by atoms with Gasteiger partial charge in [-0.15, -0.1) is 10.2 Å². The van der Waals surface area contributed by atoms with Crippen molar-refractivity contribution in [1.29, 1.82) is 0 Å². The van der Waals surface area contributed by atoms with Gasteiger partial charge in [0.05, 0.1) is 6.04 Å². The average molecular weight is 200 g/mol. The molecule has 5 nitrogen and oxygen atoms in total. The van der Waals surface area contributed by atoms with E-state index in [0.717, 1.165) is 6.42 Å². The van der Waals surface area contributed by atoms with Crippen LogP contribution in [0.1, 0.15) is 19.8 Å². The zero-order chi connectivity index (χ0) is 9.68. The van der Waals surface area contributed by atoms with Gasteiger partial charge in [0.1, 0.15) is 5.51 Å². The molecule has 1 aromatic heterocycles. The smallest absolute Gasteiger partial charge is 0.243 e. The van der Waals surface area contributed by atoms with E-state index >= 15 is 0 Å². The van der Waals surface area contributed by atoms with Crippen LogP contribution in [0.15, 0.2) is 5.51 Å². The Morgan fingerprint density at radius 3 is 3.15 bits per heavy atom. The Morgan fingerprint density at radius 2 is 2.62 bits per heavy atom. The van der Waals surface area contributed by atoms with Crippen LogP contribution in [-0.4, -0.2) is 22.1 Å². The summed E-state index contributed by atoms with van der Waals surface area (Å²) in [6, 6.07) is -0.450. The van der Waals surface area contributed by atoms with Gasteiger partial charge in [0, 0.05) is 0 Å². The third-order valence-corrected chi connectivity index (χ3v) is 2.13. The molecule has 72 valence electrons. The predicted molar refractivity (Wildman–Crippen MR) is 51.4 cm³/mol. The Balaban J connectivity index is 2.41. The lowest BCUT2D eigenvalue weighted by Gasteiger charge is -2.07. The van der Waals surface area contributed by atoms with E-state index in [1.54, 1.807) is 5.51 Å². The first kappa shape index (κ1) is 10.1. The number of anilines is 1. The normalized spacial score (nSPS) is 12.5. The fourth-order valence-electron chi connectivity index (χ4n) is 0.868. The van der Waals surface area contributed by atoms with Crippen molar-refractivity contribution in [2.75, 3.05) is 5.32 Å². The van der Waals surface area contributed by atoms with Gasteiger partial charge in [-0.2, -0.15) is 0 Å². The standard InChI is InChI=1S/C7H12N4OS/c1-2-3-5(8)6(12)10-7-11-9-4-13-7/h4-5H,2-3,8H2,1H3,(H,10,11,12). The largest absolute Gasteiger partial charge is 0.320 e. The topological polar surface area (TPSA) is 80.9 Å². The summed E-state index contributed by atoms with van der Waals surface area (Å²) in [4.78, 5) is 11.3. The Bertz CT molecular complexity index is 261. The number of hydrogen-bond acceptors (Lipinski definition) is 5. The summed E-state index contributed by atoms with van der Waals surface area (Å²) in [7, 11) is 0. The van der Waals surface area contributed by atoms with Crippen LogP contribution in [0, 0.1) is 0 Å². The van der Waals surface area contributed by atoms with Gasteiger partial charge in [-0.1, -0.05) is 24.7 Å². The molecule has 6 heteroatoms.